The van der Waals surface area contributed by atoms with Crippen molar-refractivity contribution in [3.05, 3.63) is 23.2 Å². The average molecular weight is 236 g/mol. The van der Waals surface area contributed by atoms with Gasteiger partial charge in [-0.05, 0) is 30.9 Å². The Morgan fingerprint density at radius 1 is 1.44 bits per heavy atom. The summed E-state index contributed by atoms with van der Waals surface area (Å²) in [5.41, 5.74) is 7.82. The zero-order chi connectivity index (χ0) is 11.1. The van der Waals surface area contributed by atoms with Gasteiger partial charge >= 0.3 is 0 Å². The molecule has 0 spiro atoms. The maximum Gasteiger partial charge on any atom is 0.201 e. The number of aromatic nitrogens is 2. The predicted octanol–water partition coefficient (Wildman–Crippen LogP) is 3.07. The minimum Gasteiger partial charge on any atom is -0.369 e. The number of nitrogen functional groups attached to an aromatic ring is 1. The third-order valence-electron chi connectivity index (χ3n) is 3.41. The Kier molecular flexibility index (Phi) is 2.28. The van der Waals surface area contributed by atoms with Crippen LogP contribution in [0.2, 0.25) is 5.02 Å². The third-order valence-corrected chi connectivity index (χ3v) is 3.72. The van der Waals surface area contributed by atoms with E-state index in [0.29, 0.717) is 5.95 Å². The smallest absolute Gasteiger partial charge is 0.201 e. The van der Waals surface area contributed by atoms with Crippen LogP contribution >= 0.6 is 11.6 Å². The average Bonchev–Trinajstić information content (AvgIpc) is 2.50. The minimum absolute atomic E-state index is 0.579. The molecule has 0 unspecified atom stereocenters. The highest BCUT2D eigenvalue weighted by Crippen LogP contribution is 2.32. The second-order valence-electron chi connectivity index (χ2n) is 4.49. The molecule has 1 heterocycles. The number of benzene rings is 1. The van der Waals surface area contributed by atoms with Crippen molar-refractivity contribution < 1.29 is 0 Å². The van der Waals surface area contributed by atoms with E-state index in [1.165, 1.54) is 19.3 Å². The minimum atomic E-state index is 0.579. The van der Waals surface area contributed by atoms with Crippen LogP contribution in [0.15, 0.2) is 18.2 Å². The van der Waals surface area contributed by atoms with Crippen molar-refractivity contribution in [2.24, 2.45) is 5.92 Å². The zero-order valence-corrected chi connectivity index (χ0v) is 9.74. The van der Waals surface area contributed by atoms with Crippen molar-refractivity contribution in [3.8, 4) is 0 Å². The fourth-order valence-corrected chi connectivity index (χ4v) is 2.55. The number of nitrogens with zero attached hydrogens (tertiary/aromatic N) is 2. The number of fused-ring (bicyclic) bond motifs is 1. The van der Waals surface area contributed by atoms with Crippen LogP contribution in [0.1, 0.15) is 19.3 Å². The van der Waals surface area contributed by atoms with Crippen molar-refractivity contribution in [3.63, 3.8) is 0 Å². The van der Waals surface area contributed by atoms with Crippen molar-refractivity contribution in [2.75, 3.05) is 5.73 Å². The Hall–Kier alpha value is -1.22. The number of hydrogen-bond acceptors (Lipinski definition) is 2. The van der Waals surface area contributed by atoms with Gasteiger partial charge in [-0.25, -0.2) is 4.98 Å². The lowest BCUT2D eigenvalue weighted by Crippen LogP contribution is -2.19. The number of rotatable bonds is 2. The molecule has 2 aromatic rings. The predicted molar refractivity (Wildman–Crippen MR) is 66.5 cm³/mol. The number of imidazole rings is 1. The second kappa shape index (κ2) is 3.67. The van der Waals surface area contributed by atoms with Gasteiger partial charge < -0.3 is 10.3 Å². The highest BCUT2D eigenvalue weighted by atomic mass is 35.5. The molecule has 0 atom stereocenters. The van der Waals surface area contributed by atoms with E-state index >= 15 is 0 Å². The molecule has 3 nitrogen and oxygen atoms in total. The highest BCUT2D eigenvalue weighted by Gasteiger charge is 2.20. The first-order valence-electron chi connectivity index (χ1n) is 5.66. The first-order chi connectivity index (χ1) is 7.75. The summed E-state index contributed by atoms with van der Waals surface area (Å²) in [5.74, 6) is 1.32. The summed E-state index contributed by atoms with van der Waals surface area (Å²) in [6.07, 6.45) is 3.93. The summed E-state index contributed by atoms with van der Waals surface area (Å²) in [7, 11) is 0. The van der Waals surface area contributed by atoms with Crippen LogP contribution in [0.25, 0.3) is 11.0 Å². The lowest BCUT2D eigenvalue weighted by Gasteiger charge is -2.26. The summed E-state index contributed by atoms with van der Waals surface area (Å²) in [6.45, 7) is 0.950. The lowest BCUT2D eigenvalue weighted by molar-refractivity contribution is 0.281. The van der Waals surface area contributed by atoms with E-state index < -0.39 is 0 Å². The van der Waals surface area contributed by atoms with Gasteiger partial charge in [-0.2, -0.15) is 0 Å². The van der Waals surface area contributed by atoms with Crippen LogP contribution in [-0.4, -0.2) is 9.55 Å². The van der Waals surface area contributed by atoms with Crippen molar-refractivity contribution >= 4 is 28.6 Å². The zero-order valence-electron chi connectivity index (χ0n) is 8.99. The van der Waals surface area contributed by atoms with Gasteiger partial charge in [-0.3, -0.25) is 0 Å². The molecule has 4 heteroatoms. The van der Waals surface area contributed by atoms with Gasteiger partial charge in [0.25, 0.3) is 0 Å². The molecule has 16 heavy (non-hydrogen) atoms. The van der Waals surface area contributed by atoms with E-state index in [1.54, 1.807) is 0 Å². The van der Waals surface area contributed by atoms with Crippen molar-refractivity contribution in [2.45, 2.75) is 25.8 Å². The third kappa shape index (κ3) is 1.47. The second-order valence-corrected chi connectivity index (χ2v) is 4.89. The number of nitrogens with two attached hydrogens (primary N) is 1. The largest absolute Gasteiger partial charge is 0.369 e. The number of hydrogen-bond donors (Lipinski definition) is 1. The van der Waals surface area contributed by atoms with E-state index in [-0.39, 0.29) is 0 Å². The normalized spacial score (nSPS) is 16.6. The molecule has 0 radical (unpaired) electrons. The lowest BCUT2D eigenvalue weighted by atomic mass is 9.85. The topological polar surface area (TPSA) is 43.8 Å². The Morgan fingerprint density at radius 3 is 2.94 bits per heavy atom. The van der Waals surface area contributed by atoms with Gasteiger partial charge in [0.15, 0.2) is 0 Å². The van der Waals surface area contributed by atoms with Crippen molar-refractivity contribution in [1.29, 1.82) is 0 Å². The number of halogens is 1. The van der Waals surface area contributed by atoms with E-state index in [0.717, 1.165) is 28.5 Å². The fourth-order valence-electron chi connectivity index (χ4n) is 2.28. The molecule has 0 saturated heterocycles. The standard InChI is InChI=1S/C12H14ClN3/c13-9-5-2-6-10-11(9)16(12(14)15-10)7-8-3-1-4-8/h2,5-6,8H,1,3-4,7H2,(H2,14,15). The van der Waals surface area contributed by atoms with E-state index in [4.69, 9.17) is 17.3 Å². The van der Waals surface area contributed by atoms with Gasteiger partial charge in [0, 0.05) is 6.54 Å². The molecule has 1 saturated carbocycles. The molecule has 1 aliphatic rings. The molecule has 3 rings (SSSR count). The molecule has 0 bridgehead atoms. The van der Waals surface area contributed by atoms with Gasteiger partial charge in [0.1, 0.15) is 0 Å². The molecule has 0 aliphatic heterocycles. The van der Waals surface area contributed by atoms with Crippen LogP contribution in [0.4, 0.5) is 5.95 Å². The number of para-hydroxylation sites is 1. The Balaban J connectivity index is 2.10. The van der Waals surface area contributed by atoms with Crippen LogP contribution in [0.3, 0.4) is 0 Å². The molecular weight excluding hydrogens is 222 g/mol. The number of anilines is 1. The molecule has 1 aromatic carbocycles. The van der Waals surface area contributed by atoms with Gasteiger partial charge in [-0.15, -0.1) is 0 Å². The first-order valence-corrected chi connectivity index (χ1v) is 6.04. The van der Waals surface area contributed by atoms with E-state index in [2.05, 4.69) is 9.55 Å². The molecule has 1 aliphatic carbocycles. The van der Waals surface area contributed by atoms with Crippen LogP contribution in [0.5, 0.6) is 0 Å². The van der Waals surface area contributed by atoms with Crippen LogP contribution < -0.4 is 5.73 Å². The molecule has 2 N–H and O–H groups in total. The van der Waals surface area contributed by atoms with E-state index in [1.807, 2.05) is 18.2 Å². The maximum absolute atomic E-state index is 6.20. The first kappa shape index (κ1) is 9.97. The monoisotopic (exact) mass is 235 g/mol. The maximum atomic E-state index is 6.20. The summed E-state index contributed by atoms with van der Waals surface area (Å²) < 4.78 is 2.06. The van der Waals surface area contributed by atoms with Crippen molar-refractivity contribution in [1.82, 2.24) is 9.55 Å². The van der Waals surface area contributed by atoms with E-state index in [9.17, 15) is 0 Å². The van der Waals surface area contributed by atoms with Gasteiger partial charge in [-0.1, -0.05) is 24.1 Å². The summed E-state index contributed by atoms with van der Waals surface area (Å²) in [4.78, 5) is 4.34. The van der Waals surface area contributed by atoms with Gasteiger partial charge in [0.2, 0.25) is 5.95 Å². The van der Waals surface area contributed by atoms with Crippen LogP contribution in [0, 0.1) is 5.92 Å². The SMILES string of the molecule is Nc1nc2cccc(Cl)c2n1CC1CCC1. The molecule has 1 fully saturated rings. The highest BCUT2D eigenvalue weighted by molar-refractivity contribution is 6.35. The summed E-state index contributed by atoms with van der Waals surface area (Å²) in [6, 6.07) is 5.75. The summed E-state index contributed by atoms with van der Waals surface area (Å²) >= 11 is 6.20. The Morgan fingerprint density at radius 2 is 2.25 bits per heavy atom. The molecular formula is C12H14ClN3. The molecule has 84 valence electrons. The quantitative estimate of drug-likeness (QED) is 0.870. The molecule has 1 aromatic heterocycles. The van der Waals surface area contributed by atoms with Crippen LogP contribution in [-0.2, 0) is 6.54 Å². The Bertz CT molecular complexity index is 528. The van der Waals surface area contributed by atoms with Gasteiger partial charge in [0.05, 0.1) is 16.1 Å². The fraction of sp³-hybridized carbons (Fsp3) is 0.417. The molecule has 0 amide bonds. The summed E-state index contributed by atoms with van der Waals surface area (Å²) in [5, 5.41) is 0.737. The Labute approximate surface area is 99.2 Å².